The van der Waals surface area contributed by atoms with Crippen molar-refractivity contribution < 1.29 is 12.8 Å². The lowest BCUT2D eigenvalue weighted by molar-refractivity contribution is 0.598. The van der Waals surface area contributed by atoms with E-state index in [1.807, 2.05) is 6.07 Å². The predicted octanol–water partition coefficient (Wildman–Crippen LogP) is 3.91. The van der Waals surface area contributed by atoms with Crippen molar-refractivity contribution in [1.82, 2.24) is 0 Å². The van der Waals surface area contributed by atoms with E-state index >= 15 is 0 Å². The second-order valence-electron chi connectivity index (χ2n) is 3.98. The summed E-state index contributed by atoms with van der Waals surface area (Å²) < 4.78 is 40.6. The summed E-state index contributed by atoms with van der Waals surface area (Å²) in [5.41, 5.74) is -0.0332. The highest BCUT2D eigenvalue weighted by molar-refractivity contribution is 9.10. The average molecular weight is 390 g/mol. The van der Waals surface area contributed by atoms with Crippen LogP contribution in [0.1, 0.15) is 5.56 Å². The molecule has 0 aliphatic carbocycles. The SMILES string of the molecule is N#Cc1ccc(S(=O)(=O)Nc2cc(Br)ccc2F)cc1Cl. The Labute approximate surface area is 134 Å². The van der Waals surface area contributed by atoms with Gasteiger partial charge < -0.3 is 0 Å². The number of anilines is 1. The van der Waals surface area contributed by atoms with Gasteiger partial charge in [0.25, 0.3) is 10.0 Å². The molecule has 0 aromatic heterocycles. The Bertz CT molecular complexity index is 850. The molecule has 0 atom stereocenters. The summed E-state index contributed by atoms with van der Waals surface area (Å²) in [5.74, 6) is -0.707. The van der Waals surface area contributed by atoms with Crippen LogP contribution in [-0.4, -0.2) is 8.42 Å². The van der Waals surface area contributed by atoms with Crippen molar-refractivity contribution >= 4 is 43.2 Å². The number of nitrogens with one attached hydrogen (secondary N) is 1. The number of benzene rings is 2. The summed E-state index contributed by atoms with van der Waals surface area (Å²) in [6.45, 7) is 0. The van der Waals surface area contributed by atoms with Gasteiger partial charge in [0.15, 0.2) is 0 Å². The zero-order valence-electron chi connectivity index (χ0n) is 10.3. The predicted molar refractivity (Wildman–Crippen MR) is 81.1 cm³/mol. The van der Waals surface area contributed by atoms with Gasteiger partial charge in [-0.3, -0.25) is 4.72 Å². The molecule has 0 fully saturated rings. The molecule has 1 N–H and O–H groups in total. The maximum Gasteiger partial charge on any atom is 0.262 e. The van der Waals surface area contributed by atoms with Crippen LogP contribution < -0.4 is 4.72 Å². The molecule has 4 nitrogen and oxygen atoms in total. The van der Waals surface area contributed by atoms with Gasteiger partial charge in [-0.2, -0.15) is 5.26 Å². The molecule has 0 amide bonds. The molecule has 0 saturated carbocycles. The number of nitriles is 1. The number of hydrogen-bond donors (Lipinski definition) is 1. The molecule has 8 heteroatoms. The highest BCUT2D eigenvalue weighted by Crippen LogP contribution is 2.25. The Kier molecular flexibility index (Phi) is 4.52. The number of hydrogen-bond acceptors (Lipinski definition) is 3. The van der Waals surface area contributed by atoms with Crippen molar-refractivity contribution in [2.45, 2.75) is 4.90 Å². The van der Waals surface area contributed by atoms with Crippen molar-refractivity contribution in [3.8, 4) is 6.07 Å². The van der Waals surface area contributed by atoms with E-state index in [1.165, 1.54) is 24.3 Å². The van der Waals surface area contributed by atoms with E-state index in [9.17, 15) is 12.8 Å². The molecule has 0 bridgehead atoms. The number of nitrogens with zero attached hydrogens (tertiary/aromatic N) is 1. The minimum atomic E-state index is -4.00. The minimum Gasteiger partial charge on any atom is -0.277 e. The summed E-state index contributed by atoms with van der Waals surface area (Å²) >= 11 is 8.93. The Morgan fingerprint density at radius 1 is 1.24 bits per heavy atom. The van der Waals surface area contributed by atoms with Gasteiger partial charge in [-0.15, -0.1) is 0 Å². The largest absolute Gasteiger partial charge is 0.277 e. The van der Waals surface area contributed by atoms with Crippen LogP contribution in [0.25, 0.3) is 0 Å². The molecule has 0 unspecified atom stereocenters. The Hall–Kier alpha value is -1.62. The van der Waals surface area contributed by atoms with E-state index in [0.29, 0.717) is 4.47 Å². The molecular weight excluding hydrogens is 383 g/mol. The van der Waals surface area contributed by atoms with Gasteiger partial charge in [0.1, 0.15) is 11.9 Å². The molecule has 2 aromatic carbocycles. The van der Waals surface area contributed by atoms with Crippen LogP contribution in [0.3, 0.4) is 0 Å². The van der Waals surface area contributed by atoms with Gasteiger partial charge in [-0.05, 0) is 36.4 Å². The molecule has 0 aliphatic heterocycles. The van der Waals surface area contributed by atoms with Crippen LogP contribution >= 0.6 is 27.5 Å². The fourth-order valence-electron chi connectivity index (χ4n) is 1.53. The van der Waals surface area contributed by atoms with Gasteiger partial charge >= 0.3 is 0 Å². The van der Waals surface area contributed by atoms with Crippen LogP contribution in [0.4, 0.5) is 10.1 Å². The molecule has 2 aromatic rings. The Morgan fingerprint density at radius 3 is 2.57 bits per heavy atom. The van der Waals surface area contributed by atoms with Gasteiger partial charge in [-0.1, -0.05) is 27.5 Å². The molecule has 0 saturated heterocycles. The molecule has 0 radical (unpaired) electrons. The molecular formula is C13H7BrClFN2O2S. The summed E-state index contributed by atoms with van der Waals surface area (Å²) in [6.07, 6.45) is 0. The first kappa shape index (κ1) is 15.8. The van der Waals surface area contributed by atoms with Gasteiger partial charge in [0.05, 0.1) is 21.2 Å². The highest BCUT2D eigenvalue weighted by atomic mass is 79.9. The summed E-state index contributed by atoms with van der Waals surface area (Å²) in [7, 11) is -4.00. The van der Waals surface area contributed by atoms with Crippen molar-refractivity contribution in [3.05, 3.63) is 57.3 Å². The summed E-state index contributed by atoms with van der Waals surface area (Å²) in [5, 5.41) is 8.77. The van der Waals surface area contributed by atoms with Gasteiger partial charge in [0, 0.05) is 4.47 Å². The first-order valence-corrected chi connectivity index (χ1v) is 8.16. The van der Waals surface area contributed by atoms with Crippen molar-refractivity contribution in [2.75, 3.05) is 4.72 Å². The number of sulfonamides is 1. The minimum absolute atomic E-state index is 0.00934. The Balaban J connectivity index is 2.41. The molecule has 21 heavy (non-hydrogen) atoms. The number of halogens is 3. The lowest BCUT2D eigenvalue weighted by atomic mass is 10.2. The van der Waals surface area contributed by atoms with Crippen LogP contribution in [0, 0.1) is 17.1 Å². The van der Waals surface area contributed by atoms with Crippen LogP contribution in [0.15, 0.2) is 45.8 Å². The van der Waals surface area contributed by atoms with E-state index in [1.54, 1.807) is 0 Å². The third-order valence-corrected chi connectivity index (χ3v) is 4.71. The van der Waals surface area contributed by atoms with E-state index in [0.717, 1.165) is 12.1 Å². The quantitative estimate of drug-likeness (QED) is 0.865. The summed E-state index contributed by atoms with van der Waals surface area (Å²) in [6, 6.07) is 9.36. The zero-order chi connectivity index (χ0) is 15.6. The molecule has 0 heterocycles. The zero-order valence-corrected chi connectivity index (χ0v) is 13.4. The van der Waals surface area contributed by atoms with Crippen molar-refractivity contribution in [2.24, 2.45) is 0 Å². The van der Waals surface area contributed by atoms with Crippen molar-refractivity contribution in [3.63, 3.8) is 0 Å². The fourth-order valence-corrected chi connectivity index (χ4v) is 3.27. The average Bonchev–Trinajstić information content (AvgIpc) is 2.42. The number of rotatable bonds is 3. The smallest absolute Gasteiger partial charge is 0.262 e. The summed E-state index contributed by atoms with van der Waals surface area (Å²) in [4.78, 5) is -0.161. The standard InChI is InChI=1S/C13H7BrClFN2O2S/c14-9-2-4-12(16)13(5-9)18-21(19,20)10-3-1-8(7-17)11(15)6-10/h1-6,18H. The van der Waals surface area contributed by atoms with Crippen LogP contribution in [-0.2, 0) is 10.0 Å². The fraction of sp³-hybridized carbons (Fsp3) is 0. The van der Waals surface area contributed by atoms with Crippen LogP contribution in [0.5, 0.6) is 0 Å². The van der Waals surface area contributed by atoms with Gasteiger partial charge in [0.2, 0.25) is 0 Å². The molecule has 0 aliphatic rings. The highest BCUT2D eigenvalue weighted by Gasteiger charge is 2.18. The maximum absolute atomic E-state index is 13.6. The maximum atomic E-state index is 13.6. The van der Waals surface area contributed by atoms with Gasteiger partial charge in [-0.25, -0.2) is 12.8 Å². The monoisotopic (exact) mass is 388 g/mol. The molecule has 108 valence electrons. The third-order valence-electron chi connectivity index (χ3n) is 2.54. The molecule has 2 rings (SSSR count). The van der Waals surface area contributed by atoms with Crippen molar-refractivity contribution in [1.29, 1.82) is 5.26 Å². The lowest BCUT2D eigenvalue weighted by Gasteiger charge is -2.10. The van der Waals surface area contributed by atoms with E-state index in [4.69, 9.17) is 16.9 Å². The first-order chi connectivity index (χ1) is 9.83. The van der Waals surface area contributed by atoms with E-state index in [-0.39, 0.29) is 21.2 Å². The lowest BCUT2D eigenvalue weighted by Crippen LogP contribution is -2.14. The first-order valence-electron chi connectivity index (χ1n) is 5.51. The van der Waals surface area contributed by atoms with E-state index in [2.05, 4.69) is 20.7 Å². The Morgan fingerprint density at radius 2 is 1.95 bits per heavy atom. The second-order valence-corrected chi connectivity index (χ2v) is 6.99. The second kappa shape index (κ2) is 6.02. The van der Waals surface area contributed by atoms with Crippen LogP contribution in [0.2, 0.25) is 5.02 Å². The third kappa shape index (κ3) is 3.53. The topological polar surface area (TPSA) is 70.0 Å². The van der Waals surface area contributed by atoms with E-state index < -0.39 is 15.8 Å². The normalized spacial score (nSPS) is 11.0. The molecule has 0 spiro atoms.